The Balaban J connectivity index is 1.52. The van der Waals surface area contributed by atoms with Gasteiger partial charge in [0.25, 0.3) is 5.91 Å². The van der Waals surface area contributed by atoms with Crippen molar-refractivity contribution in [2.45, 2.75) is 63.5 Å². The molecule has 6 heteroatoms. The molecule has 1 unspecified atom stereocenters. The lowest BCUT2D eigenvalue weighted by atomic mass is 9.84. The number of methoxy groups -OCH3 is 1. The summed E-state index contributed by atoms with van der Waals surface area (Å²) in [6.45, 7) is 4.10. The summed E-state index contributed by atoms with van der Waals surface area (Å²) in [5, 5.41) is 4.98. The van der Waals surface area contributed by atoms with Crippen molar-refractivity contribution in [3.8, 4) is 0 Å². The lowest BCUT2D eigenvalue weighted by molar-refractivity contribution is -0.203. The summed E-state index contributed by atoms with van der Waals surface area (Å²) >= 11 is 0. The fourth-order valence-electron chi connectivity index (χ4n) is 5.30. The Bertz CT molecular complexity index is 743. The molecule has 6 nitrogen and oxygen atoms in total. The minimum atomic E-state index is -0.689. The Labute approximate surface area is 179 Å². The fraction of sp³-hybridized carbons (Fsp3) is 0.667. The Hall–Kier alpha value is -1.76. The number of ether oxygens (including phenoxy) is 1. The molecule has 30 heavy (non-hydrogen) atoms. The molecular formula is C24H34N2O4. The molecule has 0 radical (unpaired) electrons. The number of amides is 1. The third-order valence-corrected chi connectivity index (χ3v) is 7.19. The highest BCUT2D eigenvalue weighted by Crippen LogP contribution is 2.63. The Morgan fingerprint density at radius 3 is 2.70 bits per heavy atom. The zero-order chi connectivity index (χ0) is 21.1. The number of nitrogens with zero attached hydrogens (tertiary/aromatic N) is 1. The van der Waals surface area contributed by atoms with Crippen LogP contribution in [-0.4, -0.2) is 55.7 Å². The van der Waals surface area contributed by atoms with Crippen LogP contribution in [0.4, 0.5) is 0 Å². The molecule has 1 aliphatic carbocycles. The maximum Gasteiger partial charge on any atom is 0.253 e. The maximum atomic E-state index is 13.5. The maximum absolute atomic E-state index is 13.5. The van der Waals surface area contributed by atoms with Gasteiger partial charge in [-0.25, -0.2) is 5.06 Å². The molecule has 0 spiro atoms. The molecule has 4 rings (SSSR count). The highest BCUT2D eigenvalue weighted by Gasteiger charge is 2.63. The molecule has 1 amide bonds. The van der Waals surface area contributed by atoms with E-state index in [1.54, 1.807) is 7.11 Å². The van der Waals surface area contributed by atoms with Gasteiger partial charge in [0.2, 0.25) is 0 Å². The van der Waals surface area contributed by atoms with Crippen LogP contribution in [-0.2, 0) is 19.2 Å². The van der Waals surface area contributed by atoms with Crippen LogP contribution in [0.5, 0.6) is 0 Å². The van der Waals surface area contributed by atoms with Crippen molar-refractivity contribution in [1.29, 1.82) is 0 Å². The number of ketones is 1. The minimum Gasteiger partial charge on any atom is -0.379 e. The second kappa shape index (κ2) is 9.16. The summed E-state index contributed by atoms with van der Waals surface area (Å²) in [4.78, 5) is 32.6. The molecule has 1 saturated carbocycles. The third-order valence-electron chi connectivity index (χ3n) is 7.19. The molecule has 2 aliphatic heterocycles. The summed E-state index contributed by atoms with van der Waals surface area (Å²) < 4.78 is 5.74. The van der Waals surface area contributed by atoms with Crippen LogP contribution in [0.1, 0.15) is 56.9 Å². The summed E-state index contributed by atoms with van der Waals surface area (Å²) in [5.74, 6) is -0.100. The average molecular weight is 415 g/mol. The van der Waals surface area contributed by atoms with Crippen LogP contribution in [0.25, 0.3) is 0 Å². The van der Waals surface area contributed by atoms with Gasteiger partial charge < -0.3 is 10.1 Å². The summed E-state index contributed by atoms with van der Waals surface area (Å²) in [7, 11) is 1.68. The average Bonchev–Trinajstić information content (AvgIpc) is 3.26. The van der Waals surface area contributed by atoms with Gasteiger partial charge in [-0.3, -0.25) is 14.4 Å². The summed E-state index contributed by atoms with van der Waals surface area (Å²) in [5.41, 5.74) is 0.440. The number of benzene rings is 1. The number of carbonyl (C=O) groups is 2. The monoisotopic (exact) mass is 414 g/mol. The summed E-state index contributed by atoms with van der Waals surface area (Å²) in [6, 6.07) is 10.3. The highest BCUT2D eigenvalue weighted by atomic mass is 16.7. The predicted octanol–water partition coefficient (Wildman–Crippen LogP) is 3.08. The molecule has 2 saturated heterocycles. The standard InChI is InChI=1S/C24H34N2O4/c1-17(22(29-2)20-11-8-12-25-20)21(27)16-24(23(28)26-13-6-7-14-30-26)15-19(24)18-9-4-3-5-10-18/h3-5,9-10,17,19-20,22,25H,6-8,11-16H2,1-2H3/t17-,19+,20-,22+,24?/m0/s1. The van der Waals surface area contributed by atoms with Crippen LogP contribution < -0.4 is 5.32 Å². The normalized spacial score (nSPS) is 30.7. The number of hydroxylamine groups is 2. The van der Waals surface area contributed by atoms with Gasteiger partial charge in [0, 0.05) is 32.0 Å². The van der Waals surface area contributed by atoms with Gasteiger partial charge in [-0.05, 0) is 50.1 Å². The Morgan fingerprint density at radius 2 is 2.07 bits per heavy atom. The molecule has 1 aromatic carbocycles. The van der Waals surface area contributed by atoms with Crippen LogP contribution in [0, 0.1) is 11.3 Å². The lowest BCUT2D eigenvalue weighted by Gasteiger charge is -2.32. The second-order valence-corrected chi connectivity index (χ2v) is 9.11. The van der Waals surface area contributed by atoms with Gasteiger partial charge in [0.15, 0.2) is 0 Å². The van der Waals surface area contributed by atoms with Crippen molar-refractivity contribution < 1.29 is 19.2 Å². The number of rotatable bonds is 8. The van der Waals surface area contributed by atoms with Crippen molar-refractivity contribution in [3.05, 3.63) is 35.9 Å². The SMILES string of the molecule is CO[C@@H]([C@@H]1CCCN1)[C@@H](C)C(=O)CC1(C(=O)N2CCCCO2)C[C@@H]1c1ccccc1. The van der Waals surface area contributed by atoms with E-state index in [4.69, 9.17) is 9.57 Å². The summed E-state index contributed by atoms with van der Waals surface area (Å²) in [6.07, 6.45) is 4.84. The van der Waals surface area contributed by atoms with Gasteiger partial charge in [-0.15, -0.1) is 0 Å². The molecule has 1 N–H and O–H groups in total. The topological polar surface area (TPSA) is 67.9 Å². The molecule has 5 atom stereocenters. The van der Waals surface area contributed by atoms with Crippen LogP contribution in [0.3, 0.4) is 0 Å². The van der Waals surface area contributed by atoms with E-state index < -0.39 is 5.41 Å². The van der Waals surface area contributed by atoms with Crippen molar-refractivity contribution in [3.63, 3.8) is 0 Å². The zero-order valence-corrected chi connectivity index (χ0v) is 18.1. The smallest absolute Gasteiger partial charge is 0.253 e. The van der Waals surface area contributed by atoms with Gasteiger partial charge in [-0.2, -0.15) is 0 Å². The van der Waals surface area contributed by atoms with Crippen molar-refractivity contribution in [2.24, 2.45) is 11.3 Å². The number of hydrogen-bond donors (Lipinski definition) is 1. The zero-order valence-electron chi connectivity index (χ0n) is 18.1. The first kappa shape index (κ1) is 21.5. The van der Waals surface area contributed by atoms with E-state index in [-0.39, 0.29) is 42.1 Å². The van der Waals surface area contributed by atoms with Gasteiger partial charge in [-0.1, -0.05) is 37.3 Å². The molecule has 3 fully saturated rings. The third kappa shape index (κ3) is 4.18. The number of Topliss-reactive ketones (excluding diaryl/α,β-unsaturated/α-hetero) is 1. The number of carbonyl (C=O) groups excluding carboxylic acids is 2. The quantitative estimate of drug-likeness (QED) is 0.708. The molecule has 0 bridgehead atoms. The molecule has 0 aromatic heterocycles. The van der Waals surface area contributed by atoms with E-state index in [2.05, 4.69) is 17.4 Å². The molecular weight excluding hydrogens is 380 g/mol. The number of nitrogens with one attached hydrogen (secondary N) is 1. The molecule has 2 heterocycles. The molecule has 3 aliphatic rings. The lowest BCUT2D eigenvalue weighted by Crippen LogP contribution is -2.45. The van der Waals surface area contributed by atoms with Gasteiger partial charge in [0.05, 0.1) is 18.1 Å². The van der Waals surface area contributed by atoms with E-state index in [9.17, 15) is 9.59 Å². The minimum absolute atomic E-state index is 0.0236. The number of hydrogen-bond acceptors (Lipinski definition) is 5. The Kier molecular flexibility index (Phi) is 6.56. The van der Waals surface area contributed by atoms with E-state index in [0.717, 1.165) is 37.8 Å². The van der Waals surface area contributed by atoms with Crippen LogP contribution >= 0.6 is 0 Å². The van der Waals surface area contributed by atoms with Crippen molar-refractivity contribution in [1.82, 2.24) is 10.4 Å². The largest absolute Gasteiger partial charge is 0.379 e. The van der Waals surface area contributed by atoms with E-state index in [0.29, 0.717) is 19.6 Å². The highest BCUT2D eigenvalue weighted by molar-refractivity contribution is 5.94. The Morgan fingerprint density at radius 1 is 1.27 bits per heavy atom. The molecule has 164 valence electrons. The van der Waals surface area contributed by atoms with E-state index >= 15 is 0 Å². The first-order valence-electron chi connectivity index (χ1n) is 11.4. The van der Waals surface area contributed by atoms with E-state index in [1.807, 2.05) is 25.1 Å². The van der Waals surface area contributed by atoms with E-state index in [1.165, 1.54) is 5.06 Å². The molecule has 1 aromatic rings. The first-order chi connectivity index (χ1) is 14.6. The van der Waals surface area contributed by atoms with Crippen molar-refractivity contribution in [2.75, 3.05) is 26.8 Å². The second-order valence-electron chi connectivity index (χ2n) is 9.11. The fourth-order valence-corrected chi connectivity index (χ4v) is 5.30. The predicted molar refractivity (Wildman–Crippen MR) is 114 cm³/mol. The first-order valence-corrected chi connectivity index (χ1v) is 11.4. The van der Waals surface area contributed by atoms with Gasteiger partial charge in [0.1, 0.15) is 5.78 Å². The van der Waals surface area contributed by atoms with Gasteiger partial charge >= 0.3 is 0 Å². The van der Waals surface area contributed by atoms with Crippen LogP contribution in [0.15, 0.2) is 30.3 Å². The van der Waals surface area contributed by atoms with Crippen molar-refractivity contribution >= 4 is 11.7 Å². The van der Waals surface area contributed by atoms with Crippen LogP contribution in [0.2, 0.25) is 0 Å².